The normalized spacial score (nSPS) is 12.8. The number of carbonyl (C=O) groups is 1. The van der Waals surface area contributed by atoms with Crippen LogP contribution in [-0.4, -0.2) is 15.7 Å². The molecule has 5 nitrogen and oxygen atoms in total. The first kappa shape index (κ1) is 17.7. The Balaban J connectivity index is 1.85. The predicted octanol–water partition coefficient (Wildman–Crippen LogP) is 3.62. The van der Waals surface area contributed by atoms with Gasteiger partial charge in [0.05, 0.1) is 17.3 Å². The average Bonchev–Trinajstić information content (AvgIpc) is 2.61. The molecular formula is C18H14F3N3O2. The maximum absolute atomic E-state index is 12.6. The Morgan fingerprint density at radius 3 is 2.42 bits per heavy atom. The zero-order valence-corrected chi connectivity index (χ0v) is 13.6. The molecule has 3 aromatic rings. The minimum atomic E-state index is -4.44. The third-order valence-electron chi connectivity index (χ3n) is 3.94. The van der Waals surface area contributed by atoms with Crippen molar-refractivity contribution in [1.82, 2.24) is 9.78 Å². The predicted molar refractivity (Wildman–Crippen MR) is 90.8 cm³/mol. The van der Waals surface area contributed by atoms with Gasteiger partial charge in [-0.05, 0) is 43.3 Å². The number of nitrogens with one attached hydrogen (secondary N) is 1. The highest BCUT2D eigenvalue weighted by Gasteiger charge is 2.30. The number of hydrogen-bond acceptors (Lipinski definition) is 3. The van der Waals surface area contributed by atoms with Crippen molar-refractivity contribution in [3.8, 4) is 0 Å². The fraction of sp³-hybridized carbons (Fsp3) is 0.167. The van der Waals surface area contributed by atoms with Gasteiger partial charge in [0, 0.05) is 11.1 Å². The smallest absolute Gasteiger partial charge is 0.324 e. The molecule has 0 saturated carbocycles. The molecule has 1 heterocycles. The lowest BCUT2D eigenvalue weighted by atomic mass is 10.2. The van der Waals surface area contributed by atoms with Crippen LogP contribution in [0, 0.1) is 0 Å². The van der Waals surface area contributed by atoms with Crippen LogP contribution in [0.4, 0.5) is 18.9 Å². The Hall–Kier alpha value is -3.16. The van der Waals surface area contributed by atoms with Crippen LogP contribution in [0.15, 0.2) is 59.5 Å². The van der Waals surface area contributed by atoms with E-state index in [4.69, 9.17) is 0 Å². The molecular weight excluding hydrogens is 347 g/mol. The quantitative estimate of drug-likeness (QED) is 0.775. The second kappa shape index (κ2) is 6.62. The summed E-state index contributed by atoms with van der Waals surface area (Å²) in [5.41, 5.74) is -0.320. The summed E-state index contributed by atoms with van der Waals surface area (Å²) in [6.45, 7) is 1.59. The van der Waals surface area contributed by atoms with E-state index in [-0.39, 0.29) is 11.1 Å². The molecule has 0 bridgehead atoms. The lowest BCUT2D eigenvalue weighted by Crippen LogP contribution is -2.26. The van der Waals surface area contributed by atoms with E-state index in [9.17, 15) is 22.8 Å². The molecule has 1 atom stereocenters. The van der Waals surface area contributed by atoms with E-state index in [1.165, 1.54) is 16.8 Å². The first-order chi connectivity index (χ1) is 12.3. The Kier molecular flexibility index (Phi) is 4.50. The monoisotopic (exact) mass is 361 g/mol. The van der Waals surface area contributed by atoms with Crippen molar-refractivity contribution in [3.63, 3.8) is 0 Å². The summed E-state index contributed by atoms with van der Waals surface area (Å²) in [5.74, 6) is -0.467. The molecule has 0 radical (unpaired) electrons. The van der Waals surface area contributed by atoms with E-state index < -0.39 is 23.7 Å². The van der Waals surface area contributed by atoms with E-state index in [1.807, 2.05) is 0 Å². The van der Waals surface area contributed by atoms with Gasteiger partial charge in [0.25, 0.3) is 0 Å². The number of halogens is 3. The fourth-order valence-corrected chi connectivity index (χ4v) is 2.54. The summed E-state index contributed by atoms with van der Waals surface area (Å²) in [6, 6.07) is 10.1. The van der Waals surface area contributed by atoms with Gasteiger partial charge in [0.15, 0.2) is 0 Å². The molecule has 134 valence electrons. The largest absolute Gasteiger partial charge is 0.416 e. The summed E-state index contributed by atoms with van der Waals surface area (Å²) < 4.78 is 39.2. The minimum absolute atomic E-state index is 0.236. The van der Waals surface area contributed by atoms with Crippen molar-refractivity contribution in [1.29, 1.82) is 0 Å². The number of alkyl halides is 3. The van der Waals surface area contributed by atoms with Crippen LogP contribution in [0.5, 0.6) is 0 Å². The van der Waals surface area contributed by atoms with Gasteiger partial charge in [-0.25, -0.2) is 0 Å². The molecule has 0 unspecified atom stereocenters. The highest BCUT2D eigenvalue weighted by Crippen LogP contribution is 2.30. The van der Waals surface area contributed by atoms with E-state index in [0.29, 0.717) is 10.9 Å². The number of fused-ring (bicyclic) bond motifs is 1. The number of aromatic nitrogens is 2. The average molecular weight is 361 g/mol. The number of para-hydroxylation sites is 1. The van der Waals surface area contributed by atoms with Crippen LogP contribution < -0.4 is 10.7 Å². The number of benzene rings is 2. The molecule has 2 aromatic carbocycles. The molecule has 0 aliphatic rings. The molecule has 8 heteroatoms. The molecule has 0 saturated heterocycles. The van der Waals surface area contributed by atoms with E-state index in [0.717, 1.165) is 18.3 Å². The SMILES string of the molecule is C[C@@H](C(=O)Nc1ccc(C(F)(F)F)cc1)n1ncc(=O)c2ccccc21. The van der Waals surface area contributed by atoms with E-state index >= 15 is 0 Å². The van der Waals surface area contributed by atoms with E-state index in [2.05, 4.69) is 10.4 Å². The summed E-state index contributed by atoms with van der Waals surface area (Å²) in [6.07, 6.45) is -3.31. The van der Waals surface area contributed by atoms with Crippen LogP contribution in [0.2, 0.25) is 0 Å². The number of anilines is 1. The van der Waals surface area contributed by atoms with Crippen molar-refractivity contribution in [2.75, 3.05) is 5.32 Å². The third kappa shape index (κ3) is 3.44. The Morgan fingerprint density at radius 2 is 1.77 bits per heavy atom. The van der Waals surface area contributed by atoms with Crippen LogP contribution in [-0.2, 0) is 11.0 Å². The number of carbonyl (C=O) groups excluding carboxylic acids is 1. The zero-order chi connectivity index (χ0) is 18.9. The molecule has 1 aromatic heterocycles. The van der Waals surface area contributed by atoms with Crippen LogP contribution in [0.3, 0.4) is 0 Å². The van der Waals surface area contributed by atoms with Gasteiger partial charge in [-0.15, -0.1) is 0 Å². The number of amides is 1. The van der Waals surface area contributed by atoms with Gasteiger partial charge in [-0.2, -0.15) is 18.3 Å². The fourth-order valence-electron chi connectivity index (χ4n) is 2.54. The minimum Gasteiger partial charge on any atom is -0.324 e. The standard InChI is InChI=1S/C18H14F3N3O2/c1-11(24-15-5-3-2-4-14(15)16(25)10-22-24)17(26)23-13-8-6-12(7-9-13)18(19,20)21/h2-11H,1H3,(H,23,26)/t11-/m0/s1. The van der Waals surface area contributed by atoms with Crippen molar-refractivity contribution < 1.29 is 18.0 Å². The van der Waals surface area contributed by atoms with Gasteiger partial charge in [0.1, 0.15) is 6.04 Å². The van der Waals surface area contributed by atoms with Crippen molar-refractivity contribution in [3.05, 3.63) is 70.5 Å². The molecule has 1 amide bonds. The second-order valence-corrected chi connectivity index (χ2v) is 5.71. The summed E-state index contributed by atoms with van der Waals surface area (Å²) in [7, 11) is 0. The van der Waals surface area contributed by atoms with Gasteiger partial charge >= 0.3 is 6.18 Å². The van der Waals surface area contributed by atoms with Gasteiger partial charge in [-0.1, -0.05) is 12.1 Å². The Bertz CT molecular complexity index is 1010. The van der Waals surface area contributed by atoms with Gasteiger partial charge in [-0.3, -0.25) is 14.3 Å². The van der Waals surface area contributed by atoms with Gasteiger partial charge < -0.3 is 5.32 Å². The second-order valence-electron chi connectivity index (χ2n) is 5.71. The Labute approximate surface area is 146 Å². The van der Waals surface area contributed by atoms with Crippen molar-refractivity contribution in [2.24, 2.45) is 0 Å². The highest BCUT2D eigenvalue weighted by atomic mass is 19.4. The molecule has 1 N–H and O–H groups in total. The first-order valence-electron chi connectivity index (χ1n) is 7.72. The molecule has 3 rings (SSSR count). The molecule has 0 fully saturated rings. The third-order valence-corrected chi connectivity index (χ3v) is 3.94. The topological polar surface area (TPSA) is 64.0 Å². The van der Waals surface area contributed by atoms with Crippen LogP contribution in [0.1, 0.15) is 18.5 Å². The van der Waals surface area contributed by atoms with Crippen LogP contribution in [0.25, 0.3) is 10.9 Å². The molecule has 0 spiro atoms. The zero-order valence-electron chi connectivity index (χ0n) is 13.6. The van der Waals surface area contributed by atoms with Crippen LogP contribution >= 0.6 is 0 Å². The van der Waals surface area contributed by atoms with Gasteiger partial charge in [0.2, 0.25) is 11.3 Å². The lowest BCUT2D eigenvalue weighted by molar-refractivity contribution is -0.137. The Morgan fingerprint density at radius 1 is 1.12 bits per heavy atom. The molecule has 26 heavy (non-hydrogen) atoms. The number of nitrogens with zero attached hydrogens (tertiary/aromatic N) is 2. The highest BCUT2D eigenvalue weighted by molar-refractivity contribution is 5.94. The number of rotatable bonds is 3. The maximum atomic E-state index is 12.6. The molecule has 0 aliphatic carbocycles. The van der Waals surface area contributed by atoms with E-state index in [1.54, 1.807) is 31.2 Å². The van der Waals surface area contributed by atoms with Crippen molar-refractivity contribution >= 4 is 22.5 Å². The molecule has 0 aliphatic heterocycles. The lowest BCUT2D eigenvalue weighted by Gasteiger charge is -2.17. The number of hydrogen-bond donors (Lipinski definition) is 1. The first-order valence-corrected chi connectivity index (χ1v) is 7.72. The van der Waals surface area contributed by atoms with Crippen molar-refractivity contribution in [2.45, 2.75) is 19.1 Å². The summed E-state index contributed by atoms with van der Waals surface area (Å²) in [5, 5.41) is 6.99. The summed E-state index contributed by atoms with van der Waals surface area (Å²) >= 11 is 0. The maximum Gasteiger partial charge on any atom is 0.416 e. The summed E-state index contributed by atoms with van der Waals surface area (Å²) in [4.78, 5) is 24.3.